The first-order valence-corrected chi connectivity index (χ1v) is 13.2. The Morgan fingerprint density at radius 3 is 2.69 bits per heavy atom. The first kappa shape index (κ1) is 24.1. The Morgan fingerprint density at radius 1 is 1.11 bits per heavy atom. The van der Waals surface area contributed by atoms with E-state index in [1.54, 1.807) is 0 Å². The highest BCUT2D eigenvalue weighted by atomic mass is 19.1. The fourth-order valence-electron chi connectivity index (χ4n) is 5.94. The molecule has 0 aliphatic carbocycles. The molecule has 1 saturated heterocycles. The first-order valence-electron chi connectivity index (χ1n) is 13.2. The summed E-state index contributed by atoms with van der Waals surface area (Å²) in [6.07, 6.45) is 3.49. The number of hydrogen-bond donors (Lipinski definition) is 2. The van der Waals surface area contributed by atoms with Gasteiger partial charge in [0.05, 0.1) is 12.1 Å². The topological polar surface area (TPSA) is 34.3 Å². The Hall–Kier alpha value is -2.63. The van der Waals surface area contributed by atoms with Gasteiger partial charge in [0.25, 0.3) is 0 Å². The molecule has 3 atom stereocenters. The van der Waals surface area contributed by atoms with Crippen LogP contribution in [0, 0.1) is 0 Å². The number of allylic oxidation sites excluding steroid dienone is 1. The summed E-state index contributed by atoms with van der Waals surface area (Å²) in [4.78, 5) is 8.59. The second-order valence-electron chi connectivity index (χ2n) is 10.5. The summed E-state index contributed by atoms with van der Waals surface area (Å²) < 4.78 is 14.6. The number of anilines is 1. The molecule has 2 N–H and O–H groups in total. The Labute approximate surface area is 209 Å². The maximum Gasteiger partial charge on any atom is 0.134 e. The number of alkyl halides is 1. The molecule has 5 heteroatoms. The Morgan fingerprint density at radius 2 is 1.91 bits per heavy atom. The molecule has 0 bridgehead atoms. The number of nitrogens with one attached hydrogen (secondary N) is 2. The molecule has 0 radical (unpaired) electrons. The summed E-state index contributed by atoms with van der Waals surface area (Å²) in [7, 11) is 0. The summed E-state index contributed by atoms with van der Waals surface area (Å²) in [5.74, 6) is 0. The van der Waals surface area contributed by atoms with E-state index in [1.807, 2.05) is 0 Å². The quantitative estimate of drug-likeness (QED) is 0.356. The molecular formula is C30H39FN4. The lowest BCUT2D eigenvalue weighted by molar-refractivity contribution is 0.208. The minimum Gasteiger partial charge on any atom is -0.378 e. The highest BCUT2D eigenvalue weighted by Crippen LogP contribution is 2.39. The number of hydrogen-bond acceptors (Lipinski definition) is 3. The molecule has 4 nitrogen and oxygen atoms in total. The smallest absolute Gasteiger partial charge is 0.134 e. The van der Waals surface area contributed by atoms with Gasteiger partial charge in [-0.15, -0.1) is 6.58 Å². The van der Waals surface area contributed by atoms with Crippen molar-refractivity contribution >= 4 is 16.6 Å². The molecule has 0 amide bonds. The van der Waals surface area contributed by atoms with Gasteiger partial charge in [-0.3, -0.25) is 9.80 Å². The van der Waals surface area contributed by atoms with E-state index in [4.69, 9.17) is 0 Å². The van der Waals surface area contributed by atoms with Crippen LogP contribution in [-0.4, -0.2) is 59.7 Å². The first-order chi connectivity index (χ1) is 17.0. The zero-order valence-electron chi connectivity index (χ0n) is 21.2. The molecule has 2 aromatic carbocycles. The van der Waals surface area contributed by atoms with Crippen molar-refractivity contribution in [2.24, 2.45) is 0 Å². The van der Waals surface area contributed by atoms with Crippen LogP contribution in [0.2, 0.25) is 0 Å². The lowest BCUT2D eigenvalue weighted by Crippen LogP contribution is -2.36. The summed E-state index contributed by atoms with van der Waals surface area (Å²) >= 11 is 0. The van der Waals surface area contributed by atoms with Gasteiger partial charge in [-0.25, -0.2) is 4.39 Å². The van der Waals surface area contributed by atoms with Crippen molar-refractivity contribution in [3.05, 3.63) is 77.5 Å². The molecule has 2 aliphatic heterocycles. The van der Waals surface area contributed by atoms with Crippen LogP contribution >= 0.6 is 0 Å². The number of fused-ring (bicyclic) bond motifs is 3. The van der Waals surface area contributed by atoms with E-state index in [2.05, 4.69) is 89.1 Å². The minimum absolute atomic E-state index is 0.138. The number of benzene rings is 2. The highest BCUT2D eigenvalue weighted by Gasteiger charge is 2.33. The van der Waals surface area contributed by atoms with Gasteiger partial charge in [0.1, 0.15) is 6.17 Å². The maximum atomic E-state index is 14.6. The third-order valence-electron chi connectivity index (χ3n) is 7.63. The minimum atomic E-state index is -0.822. The predicted molar refractivity (Wildman–Crippen MR) is 145 cm³/mol. The van der Waals surface area contributed by atoms with E-state index in [0.717, 1.165) is 57.5 Å². The average Bonchev–Trinajstić information content (AvgIpc) is 3.39. The maximum absolute atomic E-state index is 14.6. The molecule has 2 aliphatic rings. The average molecular weight is 475 g/mol. The Balaban J connectivity index is 1.39. The lowest BCUT2D eigenvalue weighted by Gasteiger charge is -2.36. The number of aromatic amines is 1. The van der Waals surface area contributed by atoms with Crippen molar-refractivity contribution in [3.63, 3.8) is 0 Å². The van der Waals surface area contributed by atoms with Gasteiger partial charge in [0, 0.05) is 41.9 Å². The van der Waals surface area contributed by atoms with Gasteiger partial charge in [-0.05, 0) is 75.0 Å². The van der Waals surface area contributed by atoms with Crippen LogP contribution in [-0.2, 0) is 6.42 Å². The van der Waals surface area contributed by atoms with E-state index >= 15 is 0 Å². The standard InChI is InChI=1S/C30H39FN4/c1-4-16-34-19-26(31)28(20-34)32-23-13-11-22(12-14-23)30-29-25(24-9-5-6-10-27(24)33-29)15-18-35(30)17-7-8-21(2)3/h5-6,9-14,26,28,30,32-33H,2,4,7-8,15-20H2,1,3H3. The molecule has 0 saturated carbocycles. The Kier molecular flexibility index (Phi) is 7.26. The van der Waals surface area contributed by atoms with Crippen molar-refractivity contribution in [2.45, 2.75) is 57.8 Å². The van der Waals surface area contributed by atoms with E-state index in [0.29, 0.717) is 6.54 Å². The molecule has 5 rings (SSSR count). The van der Waals surface area contributed by atoms with Crippen LogP contribution in [0.5, 0.6) is 0 Å². The number of H-pyrrole nitrogens is 1. The number of para-hydroxylation sites is 1. The zero-order valence-corrected chi connectivity index (χ0v) is 21.2. The fourth-order valence-corrected chi connectivity index (χ4v) is 5.94. The Bertz CT molecular complexity index is 1150. The number of halogens is 1. The third kappa shape index (κ3) is 5.17. The third-order valence-corrected chi connectivity index (χ3v) is 7.63. The molecule has 1 fully saturated rings. The van der Waals surface area contributed by atoms with Crippen LogP contribution in [0.15, 0.2) is 60.7 Å². The summed E-state index contributed by atoms with van der Waals surface area (Å²) in [5.41, 5.74) is 7.53. The van der Waals surface area contributed by atoms with E-state index < -0.39 is 6.17 Å². The summed E-state index contributed by atoms with van der Waals surface area (Å²) in [6, 6.07) is 17.4. The number of rotatable bonds is 9. The molecule has 0 spiro atoms. The molecule has 35 heavy (non-hydrogen) atoms. The second kappa shape index (κ2) is 10.5. The number of nitrogens with zero attached hydrogens (tertiary/aromatic N) is 2. The van der Waals surface area contributed by atoms with Gasteiger partial charge in [0.2, 0.25) is 0 Å². The van der Waals surface area contributed by atoms with Crippen molar-refractivity contribution in [1.29, 1.82) is 0 Å². The van der Waals surface area contributed by atoms with Crippen LogP contribution in [0.25, 0.3) is 10.9 Å². The molecule has 1 aromatic heterocycles. The van der Waals surface area contributed by atoms with Crippen molar-refractivity contribution in [2.75, 3.05) is 38.0 Å². The van der Waals surface area contributed by atoms with Crippen LogP contribution in [0.1, 0.15) is 56.0 Å². The SMILES string of the molecule is C=C(C)CCCN1CCc2c([nH]c3ccccc23)C1c1ccc(NC2CN(CCC)CC2F)cc1. The molecule has 3 aromatic rings. The highest BCUT2D eigenvalue weighted by molar-refractivity contribution is 5.85. The van der Waals surface area contributed by atoms with Crippen molar-refractivity contribution in [1.82, 2.24) is 14.8 Å². The molecular weight excluding hydrogens is 435 g/mol. The van der Waals surface area contributed by atoms with E-state index in [9.17, 15) is 4.39 Å². The molecule has 3 unspecified atom stereocenters. The summed E-state index contributed by atoms with van der Waals surface area (Å²) in [5, 5.41) is 4.81. The van der Waals surface area contributed by atoms with Gasteiger partial charge in [-0.2, -0.15) is 0 Å². The van der Waals surface area contributed by atoms with Crippen LogP contribution in [0.4, 0.5) is 10.1 Å². The normalized spacial score (nSPS) is 23.0. The monoisotopic (exact) mass is 474 g/mol. The van der Waals surface area contributed by atoms with Crippen LogP contribution < -0.4 is 5.32 Å². The largest absolute Gasteiger partial charge is 0.378 e. The van der Waals surface area contributed by atoms with Crippen molar-refractivity contribution in [3.8, 4) is 0 Å². The number of likely N-dealkylation sites (tertiary alicyclic amines) is 1. The fraction of sp³-hybridized carbons (Fsp3) is 0.467. The van der Waals surface area contributed by atoms with Gasteiger partial charge in [-0.1, -0.05) is 42.8 Å². The van der Waals surface area contributed by atoms with Gasteiger partial charge < -0.3 is 10.3 Å². The zero-order chi connectivity index (χ0) is 24.4. The number of aromatic nitrogens is 1. The lowest BCUT2D eigenvalue weighted by atomic mass is 9.92. The van der Waals surface area contributed by atoms with E-state index in [-0.39, 0.29) is 12.1 Å². The molecule has 3 heterocycles. The van der Waals surface area contributed by atoms with Gasteiger partial charge in [0.15, 0.2) is 0 Å². The second-order valence-corrected chi connectivity index (χ2v) is 10.5. The summed E-state index contributed by atoms with van der Waals surface area (Å²) in [6.45, 7) is 12.7. The van der Waals surface area contributed by atoms with Crippen molar-refractivity contribution < 1.29 is 4.39 Å². The molecule has 186 valence electrons. The van der Waals surface area contributed by atoms with Gasteiger partial charge >= 0.3 is 0 Å². The van der Waals surface area contributed by atoms with Crippen LogP contribution in [0.3, 0.4) is 0 Å². The van der Waals surface area contributed by atoms with E-state index in [1.165, 1.54) is 33.3 Å². The predicted octanol–water partition coefficient (Wildman–Crippen LogP) is 6.32.